The minimum Gasteiger partial charge on any atom is -0.368 e. The molecule has 0 saturated carbocycles. The molecule has 0 spiro atoms. The predicted octanol–water partition coefficient (Wildman–Crippen LogP) is 0.329. The molecular formula is C20H28N6O3. The number of imidazole rings is 1. The Hall–Kier alpha value is -3.20. The van der Waals surface area contributed by atoms with Crippen LogP contribution in [0.3, 0.4) is 0 Å². The molecule has 1 aromatic heterocycles. The van der Waals surface area contributed by atoms with E-state index in [1.807, 2.05) is 19.9 Å². The fraction of sp³-hybridized carbons (Fsp3) is 0.400. The summed E-state index contributed by atoms with van der Waals surface area (Å²) in [7, 11) is 0. The average Bonchev–Trinajstić information content (AvgIpc) is 3.24. The summed E-state index contributed by atoms with van der Waals surface area (Å²) in [4.78, 5) is 46.1. The maximum absolute atomic E-state index is 13.2. The second kappa shape index (κ2) is 10.4. The van der Waals surface area contributed by atoms with Crippen molar-refractivity contribution < 1.29 is 14.4 Å². The van der Waals surface area contributed by atoms with E-state index in [4.69, 9.17) is 11.5 Å². The number of rotatable bonds is 10. The Kier molecular flexibility index (Phi) is 7.90. The summed E-state index contributed by atoms with van der Waals surface area (Å²) in [5.74, 6) is -1.73. The van der Waals surface area contributed by atoms with E-state index in [0.29, 0.717) is 17.8 Å². The van der Waals surface area contributed by atoms with Crippen LogP contribution in [0.25, 0.3) is 0 Å². The van der Waals surface area contributed by atoms with Gasteiger partial charge in [-0.3, -0.25) is 19.3 Å². The molecule has 6 N–H and O–H groups in total. The SMILES string of the molecule is CC[C@H](C)[C@@H](C(=O)N[C@@H](Cc1c[nH]cn1)C(N)=O)N(C(=O)CN)c1ccccc1. The Morgan fingerprint density at radius 3 is 2.45 bits per heavy atom. The van der Waals surface area contributed by atoms with Crippen LogP contribution >= 0.6 is 0 Å². The molecule has 156 valence electrons. The number of para-hydroxylation sites is 1. The van der Waals surface area contributed by atoms with Gasteiger partial charge in [0.2, 0.25) is 17.7 Å². The Balaban J connectivity index is 2.34. The number of aromatic amines is 1. The summed E-state index contributed by atoms with van der Waals surface area (Å²) in [6.45, 7) is 3.55. The number of H-pyrrole nitrogens is 1. The molecule has 0 unspecified atom stereocenters. The highest BCUT2D eigenvalue weighted by atomic mass is 16.2. The van der Waals surface area contributed by atoms with Crippen LogP contribution in [0.1, 0.15) is 26.0 Å². The first-order valence-corrected chi connectivity index (χ1v) is 9.53. The minimum atomic E-state index is -0.956. The Morgan fingerprint density at radius 1 is 1.24 bits per heavy atom. The molecule has 0 saturated heterocycles. The molecule has 0 bridgehead atoms. The number of anilines is 1. The normalized spacial score (nSPS) is 13.9. The number of nitrogens with zero attached hydrogens (tertiary/aromatic N) is 2. The van der Waals surface area contributed by atoms with Crippen LogP contribution in [-0.4, -0.2) is 46.3 Å². The zero-order valence-corrected chi connectivity index (χ0v) is 16.7. The van der Waals surface area contributed by atoms with Crippen LogP contribution in [0, 0.1) is 5.92 Å². The van der Waals surface area contributed by atoms with E-state index in [1.165, 1.54) is 11.2 Å². The standard InChI is InChI=1S/C20H28N6O3/c1-3-13(2)18(26(17(27)10-21)15-7-5-4-6-8-15)20(29)25-16(19(22)28)9-14-11-23-12-24-14/h4-8,11-13,16,18H,3,9-10,21H2,1-2H3,(H2,22,28)(H,23,24)(H,25,29)/t13-,16-,18-/m0/s1. The molecule has 1 heterocycles. The molecule has 0 radical (unpaired) electrons. The fourth-order valence-electron chi connectivity index (χ4n) is 3.09. The number of hydrogen-bond acceptors (Lipinski definition) is 5. The Bertz CT molecular complexity index is 809. The van der Waals surface area contributed by atoms with Crippen LogP contribution in [0.4, 0.5) is 5.69 Å². The van der Waals surface area contributed by atoms with Gasteiger partial charge in [0.1, 0.15) is 12.1 Å². The van der Waals surface area contributed by atoms with Crippen molar-refractivity contribution in [3.05, 3.63) is 48.5 Å². The molecule has 9 heteroatoms. The van der Waals surface area contributed by atoms with Crippen LogP contribution < -0.4 is 21.7 Å². The van der Waals surface area contributed by atoms with Gasteiger partial charge < -0.3 is 21.8 Å². The van der Waals surface area contributed by atoms with Crippen molar-refractivity contribution in [3.8, 4) is 0 Å². The van der Waals surface area contributed by atoms with Gasteiger partial charge in [0, 0.05) is 18.3 Å². The zero-order chi connectivity index (χ0) is 21.4. The van der Waals surface area contributed by atoms with Crippen molar-refractivity contribution in [3.63, 3.8) is 0 Å². The number of primary amides is 1. The molecule has 29 heavy (non-hydrogen) atoms. The van der Waals surface area contributed by atoms with Crippen molar-refractivity contribution in [2.24, 2.45) is 17.4 Å². The first kappa shape index (κ1) is 22.1. The lowest BCUT2D eigenvalue weighted by Gasteiger charge is -2.35. The van der Waals surface area contributed by atoms with Crippen molar-refractivity contribution in [2.75, 3.05) is 11.4 Å². The Morgan fingerprint density at radius 2 is 1.93 bits per heavy atom. The second-order valence-electron chi connectivity index (χ2n) is 6.86. The van der Waals surface area contributed by atoms with E-state index < -0.39 is 23.9 Å². The molecule has 3 atom stereocenters. The third kappa shape index (κ3) is 5.64. The second-order valence-corrected chi connectivity index (χ2v) is 6.86. The fourth-order valence-corrected chi connectivity index (χ4v) is 3.09. The molecule has 0 aliphatic rings. The largest absolute Gasteiger partial charge is 0.368 e. The van der Waals surface area contributed by atoms with Crippen molar-refractivity contribution in [2.45, 2.75) is 38.8 Å². The van der Waals surface area contributed by atoms with Crippen molar-refractivity contribution in [1.82, 2.24) is 15.3 Å². The quantitative estimate of drug-likeness (QED) is 0.454. The topological polar surface area (TPSA) is 147 Å². The molecular weight excluding hydrogens is 372 g/mol. The van der Waals surface area contributed by atoms with Crippen LogP contribution in [0.5, 0.6) is 0 Å². The van der Waals surface area contributed by atoms with Crippen LogP contribution in [0.2, 0.25) is 0 Å². The summed E-state index contributed by atoms with van der Waals surface area (Å²) in [5.41, 5.74) is 12.3. The molecule has 9 nitrogen and oxygen atoms in total. The highest BCUT2D eigenvalue weighted by Gasteiger charge is 2.36. The van der Waals surface area contributed by atoms with Gasteiger partial charge in [-0.1, -0.05) is 38.5 Å². The lowest BCUT2D eigenvalue weighted by Crippen LogP contribution is -2.58. The molecule has 2 aromatic rings. The summed E-state index contributed by atoms with van der Waals surface area (Å²) >= 11 is 0. The third-order valence-corrected chi connectivity index (χ3v) is 4.84. The highest BCUT2D eigenvalue weighted by molar-refractivity contribution is 6.02. The number of aromatic nitrogens is 2. The van der Waals surface area contributed by atoms with Crippen LogP contribution in [0.15, 0.2) is 42.9 Å². The summed E-state index contributed by atoms with van der Waals surface area (Å²) < 4.78 is 0. The maximum Gasteiger partial charge on any atom is 0.244 e. The van der Waals surface area contributed by atoms with E-state index in [0.717, 1.165) is 0 Å². The van der Waals surface area contributed by atoms with Gasteiger partial charge >= 0.3 is 0 Å². The lowest BCUT2D eigenvalue weighted by atomic mass is 9.95. The molecule has 3 amide bonds. The number of benzene rings is 1. The number of nitrogens with two attached hydrogens (primary N) is 2. The number of nitrogens with one attached hydrogen (secondary N) is 2. The average molecular weight is 400 g/mol. The van der Waals surface area contributed by atoms with Gasteiger partial charge in [0.05, 0.1) is 18.6 Å². The molecule has 2 rings (SSSR count). The monoisotopic (exact) mass is 400 g/mol. The number of carbonyl (C=O) groups is 3. The lowest BCUT2D eigenvalue weighted by molar-refractivity contribution is -0.130. The molecule has 0 fully saturated rings. The third-order valence-electron chi connectivity index (χ3n) is 4.84. The number of carbonyl (C=O) groups excluding carboxylic acids is 3. The first-order chi connectivity index (χ1) is 13.9. The molecule has 0 aliphatic carbocycles. The highest BCUT2D eigenvalue weighted by Crippen LogP contribution is 2.23. The van der Waals surface area contributed by atoms with Crippen LogP contribution in [-0.2, 0) is 20.8 Å². The molecule has 1 aromatic carbocycles. The van der Waals surface area contributed by atoms with Crippen molar-refractivity contribution >= 4 is 23.4 Å². The van der Waals surface area contributed by atoms with Gasteiger partial charge in [-0.15, -0.1) is 0 Å². The molecule has 0 aliphatic heterocycles. The first-order valence-electron chi connectivity index (χ1n) is 9.53. The summed E-state index contributed by atoms with van der Waals surface area (Å²) in [5, 5.41) is 2.70. The van der Waals surface area contributed by atoms with Gasteiger partial charge in [-0.25, -0.2) is 4.98 Å². The minimum absolute atomic E-state index is 0.147. The van der Waals surface area contributed by atoms with E-state index >= 15 is 0 Å². The maximum atomic E-state index is 13.2. The Labute approximate surface area is 169 Å². The number of hydrogen-bond donors (Lipinski definition) is 4. The van der Waals surface area contributed by atoms with Crippen molar-refractivity contribution in [1.29, 1.82) is 0 Å². The van der Waals surface area contributed by atoms with Gasteiger partial charge in [-0.05, 0) is 18.1 Å². The smallest absolute Gasteiger partial charge is 0.244 e. The van der Waals surface area contributed by atoms with E-state index in [1.54, 1.807) is 30.5 Å². The van der Waals surface area contributed by atoms with Gasteiger partial charge in [-0.2, -0.15) is 0 Å². The van der Waals surface area contributed by atoms with E-state index in [-0.39, 0.29) is 24.8 Å². The van der Waals surface area contributed by atoms with E-state index in [9.17, 15) is 14.4 Å². The summed E-state index contributed by atoms with van der Waals surface area (Å²) in [6, 6.07) is 7.06. The number of amides is 3. The van der Waals surface area contributed by atoms with E-state index in [2.05, 4.69) is 15.3 Å². The van der Waals surface area contributed by atoms with Gasteiger partial charge in [0.15, 0.2) is 0 Å². The van der Waals surface area contributed by atoms with Gasteiger partial charge in [0.25, 0.3) is 0 Å². The predicted molar refractivity (Wildman–Crippen MR) is 110 cm³/mol. The zero-order valence-electron chi connectivity index (χ0n) is 16.7. The summed E-state index contributed by atoms with van der Waals surface area (Å²) in [6.07, 6.45) is 3.89.